The highest BCUT2D eigenvalue weighted by molar-refractivity contribution is 7.46. The first-order valence-corrected chi connectivity index (χ1v) is 9.76. The summed E-state index contributed by atoms with van der Waals surface area (Å²) < 4.78 is 21.5. The maximum absolute atomic E-state index is 12.1. The first-order valence-electron chi connectivity index (χ1n) is 8.23. The van der Waals surface area contributed by atoms with Crippen LogP contribution in [-0.4, -0.2) is 54.5 Å². The first kappa shape index (κ1) is 21.0. The molecule has 1 aromatic rings. The number of aliphatic hydroxyl groups is 2. The van der Waals surface area contributed by atoms with E-state index in [1.165, 1.54) is 6.20 Å². The summed E-state index contributed by atoms with van der Waals surface area (Å²) in [7, 11) is -4.77. The van der Waals surface area contributed by atoms with Crippen molar-refractivity contribution in [2.24, 2.45) is 0 Å². The molecule has 0 aromatic carbocycles. The monoisotopic (exact) mass is 393 g/mol. The van der Waals surface area contributed by atoms with Gasteiger partial charge in [-0.25, -0.2) is 9.36 Å². The van der Waals surface area contributed by atoms with Gasteiger partial charge in [-0.05, 0) is 12.8 Å². The number of ether oxygens (including phenoxy) is 1. The third-order valence-electron chi connectivity index (χ3n) is 4.13. The number of nitrogens with two attached hydrogens (primary N) is 1. The van der Waals surface area contributed by atoms with Crippen LogP contribution in [0.4, 0.5) is 5.82 Å². The molecule has 1 fully saturated rings. The quantitative estimate of drug-likeness (QED) is 0.280. The zero-order chi connectivity index (χ0) is 19.5. The molecule has 1 aliphatic heterocycles. The lowest BCUT2D eigenvalue weighted by Crippen LogP contribution is -2.36. The minimum Gasteiger partial charge on any atom is -0.387 e. The maximum Gasteiger partial charge on any atom is 0.469 e. The topological polar surface area (TPSA) is 177 Å². The Labute approximate surface area is 149 Å². The molecule has 1 aliphatic rings. The molecule has 6 N–H and O–H groups in total. The average molecular weight is 393 g/mol. The van der Waals surface area contributed by atoms with Crippen LogP contribution in [0.2, 0.25) is 0 Å². The summed E-state index contributed by atoms with van der Waals surface area (Å²) in [5.74, 6) is 0.0942. The molecule has 0 amide bonds. The van der Waals surface area contributed by atoms with E-state index in [1.807, 2.05) is 6.92 Å². The van der Waals surface area contributed by atoms with E-state index in [4.69, 9.17) is 20.3 Å². The Kier molecular flexibility index (Phi) is 6.92. The number of hydrogen-bond acceptors (Lipinski definition) is 8. The van der Waals surface area contributed by atoms with Gasteiger partial charge < -0.3 is 30.5 Å². The minimum atomic E-state index is -4.77. The summed E-state index contributed by atoms with van der Waals surface area (Å²) in [5, 5.41) is 20.2. The van der Waals surface area contributed by atoms with Gasteiger partial charge in [0.2, 0.25) is 0 Å². The summed E-state index contributed by atoms with van der Waals surface area (Å²) in [6.07, 6.45) is -0.679. The number of aromatic nitrogens is 2. The fraction of sp³-hybridized carbons (Fsp3) is 0.714. The van der Waals surface area contributed by atoms with E-state index >= 15 is 0 Å². The van der Waals surface area contributed by atoms with E-state index in [0.29, 0.717) is 12.0 Å². The summed E-state index contributed by atoms with van der Waals surface area (Å²) >= 11 is 0. The molecule has 2 heterocycles. The van der Waals surface area contributed by atoms with E-state index in [1.54, 1.807) is 0 Å². The third-order valence-corrected chi connectivity index (χ3v) is 4.61. The van der Waals surface area contributed by atoms with Crippen molar-refractivity contribution in [1.82, 2.24) is 9.55 Å². The third kappa shape index (κ3) is 5.10. The SMILES string of the molecule is CCCCCc1cn([C@@H]2O[C@H](COP(=O)(O)O)[C@@H](O)[C@H]2O)c(=O)nc1N. The smallest absolute Gasteiger partial charge is 0.387 e. The summed E-state index contributed by atoms with van der Waals surface area (Å²) in [6, 6.07) is 0. The number of aliphatic hydroxyl groups excluding tert-OH is 2. The number of rotatable bonds is 8. The highest BCUT2D eigenvalue weighted by Crippen LogP contribution is 2.38. The van der Waals surface area contributed by atoms with Crippen molar-refractivity contribution in [2.75, 3.05) is 12.3 Å². The molecule has 1 saturated heterocycles. The molecule has 0 aliphatic carbocycles. The van der Waals surface area contributed by atoms with Crippen molar-refractivity contribution in [1.29, 1.82) is 0 Å². The van der Waals surface area contributed by atoms with Crippen molar-refractivity contribution in [3.8, 4) is 0 Å². The number of unbranched alkanes of at least 4 members (excludes halogenated alkanes) is 2. The van der Waals surface area contributed by atoms with Crippen LogP contribution in [0, 0.1) is 0 Å². The molecule has 4 atom stereocenters. The van der Waals surface area contributed by atoms with E-state index < -0.39 is 44.7 Å². The number of nitrogens with zero attached hydrogens (tertiary/aromatic N) is 2. The number of phosphoric ester groups is 1. The lowest BCUT2D eigenvalue weighted by atomic mass is 10.1. The summed E-state index contributed by atoms with van der Waals surface area (Å²) in [4.78, 5) is 33.3. The van der Waals surface area contributed by atoms with E-state index in [-0.39, 0.29) is 5.82 Å². The molecule has 0 radical (unpaired) electrons. The molecule has 0 unspecified atom stereocenters. The fourth-order valence-corrected chi connectivity index (χ4v) is 3.07. The zero-order valence-electron chi connectivity index (χ0n) is 14.3. The molecule has 148 valence electrons. The van der Waals surface area contributed by atoms with Gasteiger partial charge >= 0.3 is 13.5 Å². The molecule has 11 nitrogen and oxygen atoms in total. The van der Waals surface area contributed by atoms with Crippen LogP contribution >= 0.6 is 7.82 Å². The second-order valence-electron chi connectivity index (χ2n) is 6.13. The molecule has 0 saturated carbocycles. The predicted octanol–water partition coefficient (Wildman–Crippen LogP) is -0.713. The molecule has 2 rings (SSSR count). The normalized spacial score (nSPS) is 26.3. The van der Waals surface area contributed by atoms with E-state index in [0.717, 1.165) is 23.8 Å². The minimum absolute atomic E-state index is 0.0942. The van der Waals surface area contributed by atoms with Gasteiger partial charge in [0.05, 0.1) is 6.61 Å². The lowest BCUT2D eigenvalue weighted by molar-refractivity contribution is -0.0543. The van der Waals surface area contributed by atoms with Gasteiger partial charge in [0.1, 0.15) is 24.1 Å². The zero-order valence-corrected chi connectivity index (χ0v) is 15.2. The standard InChI is InChI=1S/C14H24N3O8P/c1-2-3-4-5-8-6-17(14(20)16-12(8)15)13-11(19)10(18)9(25-13)7-24-26(21,22)23/h6,9-11,13,18-19H,2-5,7H2,1H3,(H2,15,16,20)(H2,21,22,23)/t9-,10-,11-,13-/m1/s1. The van der Waals surface area contributed by atoms with E-state index in [2.05, 4.69) is 9.51 Å². The van der Waals surface area contributed by atoms with Crippen LogP contribution in [0.3, 0.4) is 0 Å². The highest BCUT2D eigenvalue weighted by Gasteiger charge is 2.45. The Morgan fingerprint density at radius 3 is 2.65 bits per heavy atom. The number of hydrogen-bond donors (Lipinski definition) is 5. The van der Waals surface area contributed by atoms with Gasteiger partial charge in [-0.3, -0.25) is 9.09 Å². The Morgan fingerprint density at radius 2 is 2.04 bits per heavy atom. The van der Waals surface area contributed by atoms with Gasteiger partial charge in [0.15, 0.2) is 6.23 Å². The number of nitrogen functional groups attached to an aromatic ring is 1. The van der Waals surface area contributed by atoms with Crippen LogP contribution in [0.5, 0.6) is 0 Å². The molecule has 0 bridgehead atoms. The van der Waals surface area contributed by atoms with Crippen LogP contribution in [0.1, 0.15) is 38.0 Å². The van der Waals surface area contributed by atoms with Gasteiger partial charge in [0.25, 0.3) is 0 Å². The number of anilines is 1. The predicted molar refractivity (Wildman–Crippen MR) is 90.1 cm³/mol. The highest BCUT2D eigenvalue weighted by atomic mass is 31.2. The first-order chi connectivity index (χ1) is 12.1. The van der Waals surface area contributed by atoms with Crippen molar-refractivity contribution in [2.45, 2.75) is 57.1 Å². The van der Waals surface area contributed by atoms with Gasteiger partial charge in [0, 0.05) is 11.8 Å². The second kappa shape index (κ2) is 8.57. The Balaban J connectivity index is 2.20. The molecular weight excluding hydrogens is 369 g/mol. The Hall–Kier alpha value is -1.33. The van der Waals surface area contributed by atoms with Crippen LogP contribution in [0.15, 0.2) is 11.0 Å². The number of phosphoric acid groups is 1. The van der Waals surface area contributed by atoms with Crippen LogP contribution in [0.25, 0.3) is 0 Å². The van der Waals surface area contributed by atoms with Crippen molar-refractivity contribution < 1.29 is 33.8 Å². The largest absolute Gasteiger partial charge is 0.469 e. The molecule has 0 spiro atoms. The molecule has 1 aromatic heterocycles. The second-order valence-corrected chi connectivity index (χ2v) is 7.37. The maximum atomic E-state index is 12.1. The Morgan fingerprint density at radius 1 is 1.35 bits per heavy atom. The van der Waals surface area contributed by atoms with Crippen molar-refractivity contribution >= 4 is 13.6 Å². The molecule has 26 heavy (non-hydrogen) atoms. The van der Waals surface area contributed by atoms with Crippen LogP contribution in [-0.2, 0) is 20.2 Å². The summed E-state index contributed by atoms with van der Waals surface area (Å²) in [5.41, 5.74) is 5.61. The Bertz CT molecular complexity index is 721. The van der Waals surface area contributed by atoms with Crippen molar-refractivity contribution in [3.63, 3.8) is 0 Å². The van der Waals surface area contributed by atoms with Crippen molar-refractivity contribution in [3.05, 3.63) is 22.2 Å². The van der Waals surface area contributed by atoms with Gasteiger partial charge in [-0.15, -0.1) is 0 Å². The van der Waals surface area contributed by atoms with Gasteiger partial charge in [-0.1, -0.05) is 19.8 Å². The number of aryl methyl sites for hydroxylation is 1. The van der Waals surface area contributed by atoms with Crippen LogP contribution < -0.4 is 11.4 Å². The average Bonchev–Trinajstić information content (AvgIpc) is 2.83. The van der Waals surface area contributed by atoms with E-state index in [9.17, 15) is 19.6 Å². The lowest BCUT2D eigenvalue weighted by Gasteiger charge is -2.18. The summed E-state index contributed by atoms with van der Waals surface area (Å²) in [6.45, 7) is 1.39. The molecule has 12 heteroatoms. The molecular formula is C14H24N3O8P. The van der Waals surface area contributed by atoms with Gasteiger partial charge in [-0.2, -0.15) is 4.98 Å². The fourth-order valence-electron chi connectivity index (χ4n) is 2.73.